The third-order valence-electron chi connectivity index (χ3n) is 6.22. The Morgan fingerprint density at radius 3 is 1.93 bits per heavy atom. The zero-order valence-corrected chi connectivity index (χ0v) is 19.6. The van der Waals surface area contributed by atoms with E-state index in [0.29, 0.717) is 11.8 Å². The van der Waals surface area contributed by atoms with Crippen LogP contribution in [0.4, 0.5) is 0 Å². The highest BCUT2D eigenvalue weighted by atomic mass is 32.2. The molecule has 0 spiro atoms. The van der Waals surface area contributed by atoms with Crippen molar-refractivity contribution < 1.29 is 17.0 Å². The minimum absolute atomic E-state index is 0.238. The fraction of sp³-hybridized carbons (Fsp3) is 0.714. The lowest BCUT2D eigenvalue weighted by Crippen LogP contribution is -2.42. The molecule has 0 aliphatic heterocycles. The van der Waals surface area contributed by atoms with Crippen LogP contribution >= 0.6 is 0 Å². The maximum atomic E-state index is 12.3. The van der Waals surface area contributed by atoms with Gasteiger partial charge in [0.25, 0.3) is 10.1 Å². The molecule has 0 amide bonds. The van der Waals surface area contributed by atoms with Crippen LogP contribution in [0.15, 0.2) is 29.2 Å². The lowest BCUT2D eigenvalue weighted by molar-refractivity contribution is 0.144. The quantitative estimate of drug-likeness (QED) is 0.436. The van der Waals surface area contributed by atoms with Crippen LogP contribution in [0.25, 0.3) is 0 Å². The summed E-state index contributed by atoms with van der Waals surface area (Å²) in [6, 6.07) is 6.81. The maximum Gasteiger partial charge on any atom is 0.296 e. The van der Waals surface area contributed by atoms with Crippen LogP contribution in [0.5, 0.6) is 0 Å². The van der Waals surface area contributed by atoms with Crippen LogP contribution in [0.3, 0.4) is 0 Å². The molecule has 2 rings (SSSR count). The van der Waals surface area contributed by atoms with E-state index in [1.807, 2.05) is 6.92 Å². The van der Waals surface area contributed by atoms with Gasteiger partial charge in [0.2, 0.25) is 0 Å². The van der Waals surface area contributed by atoms with Crippen molar-refractivity contribution in [2.24, 2.45) is 11.8 Å². The molecular formula is C21H36O4SSi. The van der Waals surface area contributed by atoms with Crippen molar-refractivity contribution in [3.05, 3.63) is 29.8 Å². The molecule has 0 unspecified atom stereocenters. The molecule has 1 fully saturated rings. The van der Waals surface area contributed by atoms with Gasteiger partial charge < -0.3 is 4.43 Å². The summed E-state index contributed by atoms with van der Waals surface area (Å²) in [6.07, 6.45) is 4.20. The molecule has 1 aromatic carbocycles. The normalized spacial score (nSPS) is 22.0. The Morgan fingerprint density at radius 1 is 0.963 bits per heavy atom. The molecule has 0 atom stereocenters. The minimum Gasteiger partial charge on any atom is -0.417 e. The van der Waals surface area contributed by atoms with Crippen molar-refractivity contribution in [1.82, 2.24) is 0 Å². The first kappa shape index (κ1) is 22.6. The number of hydrogen-bond acceptors (Lipinski definition) is 4. The van der Waals surface area contributed by atoms with E-state index in [4.69, 9.17) is 8.61 Å². The van der Waals surface area contributed by atoms with Crippen LogP contribution in [0.2, 0.25) is 18.1 Å². The van der Waals surface area contributed by atoms with Crippen LogP contribution < -0.4 is 0 Å². The second-order valence-corrected chi connectivity index (χ2v) is 15.9. The van der Waals surface area contributed by atoms with Gasteiger partial charge in [-0.25, -0.2) is 0 Å². The fourth-order valence-electron chi connectivity index (χ4n) is 3.07. The summed E-state index contributed by atoms with van der Waals surface area (Å²) < 4.78 is 36.3. The number of rotatable bonds is 7. The highest BCUT2D eigenvalue weighted by Gasteiger charge is 2.37. The smallest absolute Gasteiger partial charge is 0.296 e. The SMILES string of the molecule is Cc1ccc(S(=O)(=O)OCC2CCC(CO[Si](C)(C)C(C)(C)C)CC2)cc1. The Bertz CT molecular complexity index is 697. The molecule has 1 saturated carbocycles. The van der Waals surface area contributed by atoms with Crippen molar-refractivity contribution in [3.8, 4) is 0 Å². The van der Waals surface area contributed by atoms with Gasteiger partial charge in [-0.05, 0) is 74.7 Å². The molecule has 0 aromatic heterocycles. The van der Waals surface area contributed by atoms with E-state index >= 15 is 0 Å². The molecule has 1 aliphatic carbocycles. The van der Waals surface area contributed by atoms with Crippen LogP contribution in [0, 0.1) is 18.8 Å². The lowest BCUT2D eigenvalue weighted by Gasteiger charge is -2.38. The second-order valence-electron chi connectivity index (χ2n) is 9.51. The predicted octanol–water partition coefficient (Wildman–Crippen LogP) is 5.53. The zero-order chi connectivity index (χ0) is 20.3. The van der Waals surface area contributed by atoms with Gasteiger partial charge in [-0.15, -0.1) is 0 Å². The topological polar surface area (TPSA) is 52.6 Å². The standard InChI is InChI=1S/C21H36O4SSi/c1-17-7-13-20(14-8-17)26(22,23)24-15-18-9-11-19(12-10-18)16-25-27(5,6)21(2,3)4/h7-8,13-14,18-19H,9-12,15-16H2,1-6H3. The van der Waals surface area contributed by atoms with Crippen molar-refractivity contribution in [2.45, 2.75) is 76.4 Å². The molecular weight excluding hydrogens is 376 g/mol. The third-order valence-corrected chi connectivity index (χ3v) is 12.0. The maximum absolute atomic E-state index is 12.3. The zero-order valence-electron chi connectivity index (χ0n) is 17.7. The summed E-state index contributed by atoms with van der Waals surface area (Å²) in [5.41, 5.74) is 1.03. The predicted molar refractivity (Wildman–Crippen MR) is 113 cm³/mol. The summed E-state index contributed by atoms with van der Waals surface area (Å²) in [4.78, 5) is 0.240. The van der Waals surface area contributed by atoms with E-state index < -0.39 is 18.4 Å². The molecule has 6 heteroatoms. The van der Waals surface area contributed by atoms with E-state index in [0.717, 1.165) is 37.9 Å². The average molecular weight is 413 g/mol. The molecule has 0 heterocycles. The van der Waals surface area contributed by atoms with Crippen molar-refractivity contribution in [3.63, 3.8) is 0 Å². The number of benzene rings is 1. The van der Waals surface area contributed by atoms with Gasteiger partial charge in [0.1, 0.15) is 0 Å². The summed E-state index contributed by atoms with van der Waals surface area (Å²) in [5, 5.41) is 0.238. The number of hydrogen-bond donors (Lipinski definition) is 0. The van der Waals surface area contributed by atoms with Crippen LogP contribution in [-0.4, -0.2) is 29.9 Å². The first-order valence-electron chi connectivity index (χ1n) is 10.0. The Kier molecular flexibility index (Phi) is 7.33. The fourth-order valence-corrected chi connectivity index (χ4v) is 5.13. The molecule has 27 heavy (non-hydrogen) atoms. The largest absolute Gasteiger partial charge is 0.417 e. The molecule has 154 valence electrons. The van der Waals surface area contributed by atoms with Gasteiger partial charge >= 0.3 is 0 Å². The van der Waals surface area contributed by atoms with Gasteiger partial charge in [0, 0.05) is 6.61 Å². The van der Waals surface area contributed by atoms with Crippen molar-refractivity contribution in [2.75, 3.05) is 13.2 Å². The Morgan fingerprint density at radius 2 is 1.44 bits per heavy atom. The monoisotopic (exact) mass is 412 g/mol. The summed E-state index contributed by atoms with van der Waals surface area (Å²) in [5.74, 6) is 0.901. The number of aryl methyl sites for hydroxylation is 1. The van der Waals surface area contributed by atoms with E-state index in [-0.39, 0.29) is 16.5 Å². The van der Waals surface area contributed by atoms with E-state index in [1.54, 1.807) is 24.3 Å². The molecule has 0 bridgehead atoms. The van der Waals surface area contributed by atoms with Crippen molar-refractivity contribution >= 4 is 18.4 Å². The lowest BCUT2D eigenvalue weighted by atomic mass is 9.83. The molecule has 1 aliphatic rings. The van der Waals surface area contributed by atoms with Gasteiger partial charge in [-0.1, -0.05) is 38.5 Å². The Labute approximate surface area is 166 Å². The Balaban J connectivity index is 1.77. The molecule has 4 nitrogen and oxygen atoms in total. The summed E-state index contributed by atoms with van der Waals surface area (Å²) in [6.45, 7) is 14.4. The van der Waals surface area contributed by atoms with Gasteiger partial charge in [0.05, 0.1) is 11.5 Å². The highest BCUT2D eigenvalue weighted by Crippen LogP contribution is 2.38. The van der Waals surface area contributed by atoms with Crippen molar-refractivity contribution in [1.29, 1.82) is 0 Å². The summed E-state index contributed by atoms with van der Waals surface area (Å²) >= 11 is 0. The molecule has 0 radical (unpaired) electrons. The van der Waals surface area contributed by atoms with E-state index in [2.05, 4.69) is 33.9 Å². The average Bonchev–Trinajstić information content (AvgIpc) is 2.58. The van der Waals surface area contributed by atoms with E-state index in [9.17, 15) is 8.42 Å². The van der Waals surface area contributed by atoms with E-state index in [1.165, 1.54) is 0 Å². The third kappa shape index (κ3) is 6.41. The Hall–Kier alpha value is -0.693. The molecule has 0 N–H and O–H groups in total. The minimum atomic E-state index is -3.66. The summed E-state index contributed by atoms with van der Waals surface area (Å²) in [7, 11) is -5.35. The molecule has 1 aromatic rings. The van der Waals surface area contributed by atoms with Crippen LogP contribution in [-0.2, 0) is 18.7 Å². The van der Waals surface area contributed by atoms with Gasteiger partial charge in [0.15, 0.2) is 8.32 Å². The van der Waals surface area contributed by atoms with Gasteiger partial charge in [-0.2, -0.15) is 8.42 Å². The first-order valence-corrected chi connectivity index (χ1v) is 14.3. The first-order chi connectivity index (χ1) is 12.4. The highest BCUT2D eigenvalue weighted by molar-refractivity contribution is 7.86. The van der Waals surface area contributed by atoms with Gasteiger partial charge in [-0.3, -0.25) is 4.18 Å². The molecule has 0 saturated heterocycles. The second kappa shape index (κ2) is 8.76. The van der Waals surface area contributed by atoms with Crippen LogP contribution in [0.1, 0.15) is 52.0 Å².